The summed E-state index contributed by atoms with van der Waals surface area (Å²) in [4.78, 5) is 5.86. The number of furan rings is 1. The molecule has 2 aromatic heterocycles. The topological polar surface area (TPSA) is 32.2 Å². The molecule has 0 aliphatic carbocycles. The molecule has 0 atom stereocenters. The maximum Gasteiger partial charge on any atom is 0.113 e. The number of aromatic amines is 1. The second-order valence-electron chi connectivity index (χ2n) is 6.26. The fraction of sp³-hybridized carbons (Fsp3) is 0.368. The van der Waals surface area contributed by atoms with Crippen LogP contribution >= 0.6 is 11.8 Å². The van der Waals surface area contributed by atoms with Gasteiger partial charge in [-0.15, -0.1) is 11.8 Å². The fourth-order valence-electron chi connectivity index (χ4n) is 2.78. The molecule has 0 amide bonds. The van der Waals surface area contributed by atoms with Gasteiger partial charge in [-0.3, -0.25) is 0 Å². The minimum absolute atomic E-state index is 0.915. The Labute approximate surface area is 142 Å². The summed E-state index contributed by atoms with van der Waals surface area (Å²) in [5.41, 5.74) is 5.37. The number of aryl methyl sites for hydroxylation is 1. The van der Waals surface area contributed by atoms with E-state index in [0.29, 0.717) is 0 Å². The summed E-state index contributed by atoms with van der Waals surface area (Å²) in [5, 5.41) is 1.37. The molecule has 0 aliphatic heterocycles. The molecule has 3 aromatic rings. The van der Waals surface area contributed by atoms with Gasteiger partial charge in [-0.1, -0.05) is 11.6 Å². The molecule has 3 rings (SSSR count). The number of hydrogen-bond donors (Lipinski definition) is 1. The first-order valence-corrected chi connectivity index (χ1v) is 9.14. The molecule has 0 bridgehead atoms. The lowest BCUT2D eigenvalue weighted by Crippen LogP contribution is -2.15. The van der Waals surface area contributed by atoms with Gasteiger partial charge in [-0.25, -0.2) is 0 Å². The van der Waals surface area contributed by atoms with E-state index in [1.165, 1.54) is 27.7 Å². The number of benzene rings is 1. The van der Waals surface area contributed by atoms with Crippen molar-refractivity contribution in [2.75, 3.05) is 20.6 Å². The van der Waals surface area contributed by atoms with Gasteiger partial charge in [0.1, 0.15) is 5.76 Å². The number of aromatic nitrogens is 1. The molecular formula is C19H24N2OS. The smallest absolute Gasteiger partial charge is 0.113 e. The fourth-order valence-corrected chi connectivity index (χ4v) is 3.78. The largest absolute Gasteiger partial charge is 0.468 e. The van der Waals surface area contributed by atoms with E-state index in [2.05, 4.69) is 49.1 Å². The highest BCUT2D eigenvalue weighted by Gasteiger charge is 2.12. The van der Waals surface area contributed by atoms with Crippen LogP contribution in [-0.2, 0) is 17.9 Å². The summed E-state index contributed by atoms with van der Waals surface area (Å²) < 4.78 is 5.43. The average molecular weight is 328 g/mol. The first kappa shape index (κ1) is 16.2. The second-order valence-corrected chi connectivity index (χ2v) is 7.24. The van der Waals surface area contributed by atoms with E-state index in [0.717, 1.165) is 30.2 Å². The average Bonchev–Trinajstić information content (AvgIpc) is 3.13. The van der Waals surface area contributed by atoms with Crippen LogP contribution in [0.15, 0.2) is 41.0 Å². The Bertz CT molecular complexity index is 759. The number of fused-ring (bicyclic) bond motifs is 1. The molecule has 0 saturated heterocycles. The molecule has 3 nitrogen and oxygen atoms in total. The van der Waals surface area contributed by atoms with Crippen molar-refractivity contribution in [2.45, 2.75) is 24.9 Å². The van der Waals surface area contributed by atoms with E-state index in [9.17, 15) is 0 Å². The number of H-pyrrole nitrogens is 1. The zero-order valence-electron chi connectivity index (χ0n) is 14.1. The third kappa shape index (κ3) is 4.01. The Morgan fingerprint density at radius 1 is 1.17 bits per heavy atom. The molecule has 0 aliphatic rings. The molecule has 0 fully saturated rings. The normalized spacial score (nSPS) is 11.7. The molecule has 0 radical (unpaired) electrons. The molecular weight excluding hydrogens is 304 g/mol. The zero-order chi connectivity index (χ0) is 16.2. The third-order valence-corrected chi connectivity index (χ3v) is 5.01. The lowest BCUT2D eigenvalue weighted by atomic mass is 10.1. The van der Waals surface area contributed by atoms with Crippen molar-refractivity contribution in [3.63, 3.8) is 0 Å². The summed E-state index contributed by atoms with van der Waals surface area (Å²) in [7, 11) is 4.25. The molecule has 0 spiro atoms. The Kier molecular flexibility index (Phi) is 5.13. The van der Waals surface area contributed by atoms with Crippen LogP contribution in [0.25, 0.3) is 10.9 Å². The predicted molar refractivity (Wildman–Crippen MR) is 99.0 cm³/mol. The maximum absolute atomic E-state index is 5.43. The summed E-state index contributed by atoms with van der Waals surface area (Å²) in [6.45, 7) is 3.22. The number of hydrogen-bond acceptors (Lipinski definition) is 3. The van der Waals surface area contributed by atoms with Gasteiger partial charge in [0, 0.05) is 35.3 Å². The van der Waals surface area contributed by atoms with Crippen LogP contribution in [0, 0.1) is 6.92 Å². The van der Waals surface area contributed by atoms with E-state index in [-0.39, 0.29) is 0 Å². The summed E-state index contributed by atoms with van der Waals surface area (Å²) in [6, 6.07) is 10.7. The highest BCUT2D eigenvalue weighted by atomic mass is 32.2. The summed E-state index contributed by atoms with van der Waals surface area (Å²) in [5.74, 6) is 2.96. The third-order valence-electron chi connectivity index (χ3n) is 4.03. The van der Waals surface area contributed by atoms with E-state index in [1.54, 1.807) is 6.26 Å². The SMILES string of the molecule is Cc1ccc2[nH]c(CCN(C)C)c(CSCc3ccco3)c2c1. The molecule has 4 heteroatoms. The van der Waals surface area contributed by atoms with Gasteiger partial charge in [-0.2, -0.15) is 0 Å². The molecule has 1 N–H and O–H groups in total. The number of likely N-dealkylation sites (N-methyl/N-ethyl adjacent to an activating group) is 1. The van der Waals surface area contributed by atoms with Crippen molar-refractivity contribution in [1.29, 1.82) is 0 Å². The second kappa shape index (κ2) is 7.28. The van der Waals surface area contributed by atoms with E-state index >= 15 is 0 Å². The van der Waals surface area contributed by atoms with Crippen LogP contribution in [0.3, 0.4) is 0 Å². The van der Waals surface area contributed by atoms with Gasteiger partial charge in [0.05, 0.1) is 12.0 Å². The predicted octanol–water partition coefficient (Wildman–Crippen LogP) is 4.61. The first-order valence-electron chi connectivity index (χ1n) is 7.98. The molecule has 0 saturated carbocycles. The van der Waals surface area contributed by atoms with E-state index in [1.807, 2.05) is 23.9 Å². The van der Waals surface area contributed by atoms with Crippen LogP contribution in [0.4, 0.5) is 0 Å². The van der Waals surface area contributed by atoms with Crippen molar-refractivity contribution in [1.82, 2.24) is 9.88 Å². The highest BCUT2D eigenvalue weighted by molar-refractivity contribution is 7.97. The molecule has 122 valence electrons. The van der Waals surface area contributed by atoms with Crippen LogP contribution in [-0.4, -0.2) is 30.5 Å². The lowest BCUT2D eigenvalue weighted by Gasteiger charge is -2.10. The van der Waals surface area contributed by atoms with E-state index in [4.69, 9.17) is 4.42 Å². The van der Waals surface area contributed by atoms with Gasteiger partial charge >= 0.3 is 0 Å². The van der Waals surface area contributed by atoms with Gasteiger partial charge in [0.25, 0.3) is 0 Å². The Morgan fingerprint density at radius 2 is 2.04 bits per heavy atom. The molecule has 23 heavy (non-hydrogen) atoms. The van der Waals surface area contributed by atoms with Crippen LogP contribution < -0.4 is 0 Å². The van der Waals surface area contributed by atoms with E-state index < -0.39 is 0 Å². The number of nitrogens with one attached hydrogen (secondary N) is 1. The molecule has 0 unspecified atom stereocenters. The van der Waals surface area contributed by atoms with Gasteiger partial charge < -0.3 is 14.3 Å². The van der Waals surface area contributed by atoms with Crippen molar-refractivity contribution in [2.24, 2.45) is 0 Å². The molecule has 2 heterocycles. The summed E-state index contributed by atoms with van der Waals surface area (Å²) >= 11 is 1.91. The van der Waals surface area contributed by atoms with Crippen LogP contribution in [0.5, 0.6) is 0 Å². The van der Waals surface area contributed by atoms with Gasteiger partial charge in [-0.05, 0) is 50.8 Å². The Morgan fingerprint density at radius 3 is 2.78 bits per heavy atom. The van der Waals surface area contributed by atoms with Crippen molar-refractivity contribution in [3.8, 4) is 0 Å². The van der Waals surface area contributed by atoms with Gasteiger partial charge in [0.15, 0.2) is 0 Å². The standard InChI is InChI=1S/C19H24N2OS/c1-14-6-7-18-16(11-14)17(19(20-18)8-9-21(2)3)13-23-12-15-5-4-10-22-15/h4-7,10-11,20H,8-9,12-13H2,1-3H3. The monoisotopic (exact) mass is 328 g/mol. The van der Waals surface area contributed by atoms with Crippen LogP contribution in [0.1, 0.15) is 22.6 Å². The van der Waals surface area contributed by atoms with Crippen molar-refractivity contribution < 1.29 is 4.42 Å². The Hall–Kier alpha value is -1.65. The number of thioether (sulfide) groups is 1. The highest BCUT2D eigenvalue weighted by Crippen LogP contribution is 2.29. The number of nitrogens with zero attached hydrogens (tertiary/aromatic N) is 1. The lowest BCUT2D eigenvalue weighted by molar-refractivity contribution is 0.412. The molecule has 1 aromatic carbocycles. The minimum atomic E-state index is 0.915. The van der Waals surface area contributed by atoms with Crippen molar-refractivity contribution >= 4 is 22.7 Å². The summed E-state index contributed by atoms with van der Waals surface area (Å²) in [6.07, 6.45) is 2.80. The first-order chi connectivity index (χ1) is 11.1. The zero-order valence-corrected chi connectivity index (χ0v) is 14.9. The number of rotatable bonds is 7. The minimum Gasteiger partial charge on any atom is -0.468 e. The van der Waals surface area contributed by atoms with Crippen LogP contribution in [0.2, 0.25) is 0 Å². The van der Waals surface area contributed by atoms with Gasteiger partial charge in [0.2, 0.25) is 0 Å². The van der Waals surface area contributed by atoms with Crippen molar-refractivity contribution in [3.05, 3.63) is 59.2 Å². The maximum atomic E-state index is 5.43. The Balaban J connectivity index is 1.81. The quantitative estimate of drug-likeness (QED) is 0.687.